The Labute approximate surface area is 131 Å². The van der Waals surface area contributed by atoms with Crippen molar-refractivity contribution in [2.45, 2.75) is 31.1 Å². The molecule has 1 amide bonds. The van der Waals surface area contributed by atoms with Crippen molar-refractivity contribution >= 4 is 17.5 Å². The van der Waals surface area contributed by atoms with E-state index in [-0.39, 0.29) is 5.41 Å². The molecule has 1 unspecified atom stereocenters. The molecule has 1 N–H and O–H groups in total. The predicted molar refractivity (Wildman–Crippen MR) is 85.6 cm³/mol. The topological polar surface area (TPSA) is 32.3 Å². The lowest BCUT2D eigenvalue weighted by molar-refractivity contribution is -0.135. The van der Waals surface area contributed by atoms with Gasteiger partial charge in [-0.15, -0.1) is 0 Å². The lowest BCUT2D eigenvalue weighted by atomic mass is 9.91. The van der Waals surface area contributed by atoms with Crippen molar-refractivity contribution in [2.24, 2.45) is 5.92 Å². The van der Waals surface area contributed by atoms with Crippen molar-refractivity contribution in [1.29, 1.82) is 0 Å². The molecule has 1 saturated carbocycles. The molecule has 2 aliphatic rings. The van der Waals surface area contributed by atoms with Crippen molar-refractivity contribution in [2.75, 3.05) is 26.7 Å². The molecule has 1 aromatic carbocycles. The maximum atomic E-state index is 13.0. The second-order valence-electron chi connectivity index (χ2n) is 6.41. The van der Waals surface area contributed by atoms with E-state index in [0.29, 0.717) is 11.8 Å². The van der Waals surface area contributed by atoms with Crippen LogP contribution in [0.4, 0.5) is 0 Å². The molecular weight excluding hydrogens is 284 g/mol. The summed E-state index contributed by atoms with van der Waals surface area (Å²) in [5.41, 5.74) is 0.808. The first kappa shape index (κ1) is 14.9. The van der Waals surface area contributed by atoms with Gasteiger partial charge in [0.15, 0.2) is 0 Å². The van der Waals surface area contributed by atoms with E-state index < -0.39 is 0 Å². The van der Waals surface area contributed by atoms with E-state index in [1.165, 1.54) is 6.42 Å². The van der Waals surface area contributed by atoms with Crippen molar-refractivity contribution in [3.05, 3.63) is 34.9 Å². The summed E-state index contributed by atoms with van der Waals surface area (Å²) in [6.45, 7) is 2.79. The largest absolute Gasteiger partial charge is 0.342 e. The summed E-state index contributed by atoms with van der Waals surface area (Å²) in [6.07, 6.45) is 4.25. The van der Waals surface area contributed by atoms with Gasteiger partial charge in [0, 0.05) is 18.1 Å². The fourth-order valence-electron chi connectivity index (χ4n) is 3.54. The van der Waals surface area contributed by atoms with E-state index in [1.807, 2.05) is 31.3 Å². The molecule has 114 valence electrons. The molecule has 1 aromatic rings. The van der Waals surface area contributed by atoms with E-state index in [1.54, 1.807) is 0 Å². The van der Waals surface area contributed by atoms with Crippen molar-refractivity contribution in [1.82, 2.24) is 10.2 Å². The number of likely N-dealkylation sites (tertiary alicyclic amines) is 1. The maximum Gasteiger partial charge on any atom is 0.233 e. The highest BCUT2D eigenvalue weighted by Gasteiger charge is 2.53. The monoisotopic (exact) mass is 306 g/mol. The first-order chi connectivity index (χ1) is 10.2. The van der Waals surface area contributed by atoms with Crippen LogP contribution in [0.25, 0.3) is 0 Å². The molecule has 0 spiro atoms. The third-order valence-corrected chi connectivity index (χ3v) is 5.07. The summed E-state index contributed by atoms with van der Waals surface area (Å²) in [6, 6.07) is 7.83. The molecule has 2 fully saturated rings. The van der Waals surface area contributed by atoms with E-state index in [0.717, 1.165) is 49.5 Å². The summed E-state index contributed by atoms with van der Waals surface area (Å²) in [5, 5.41) is 3.96. The average Bonchev–Trinajstić information content (AvgIpc) is 3.29. The number of halogens is 1. The summed E-state index contributed by atoms with van der Waals surface area (Å²) in [4.78, 5) is 15.1. The highest BCUT2D eigenvalue weighted by atomic mass is 35.5. The molecule has 1 heterocycles. The van der Waals surface area contributed by atoms with Gasteiger partial charge >= 0.3 is 0 Å². The number of piperidine rings is 1. The Morgan fingerprint density at radius 3 is 2.95 bits per heavy atom. The third kappa shape index (κ3) is 2.95. The van der Waals surface area contributed by atoms with Gasteiger partial charge in [0.2, 0.25) is 5.91 Å². The lowest BCUT2D eigenvalue weighted by Crippen LogP contribution is -2.46. The highest BCUT2D eigenvalue weighted by molar-refractivity contribution is 6.30. The molecule has 0 aromatic heterocycles. The third-order valence-electron chi connectivity index (χ3n) is 4.84. The van der Waals surface area contributed by atoms with E-state index in [2.05, 4.69) is 10.2 Å². The number of hydrogen-bond acceptors (Lipinski definition) is 2. The zero-order chi connectivity index (χ0) is 14.9. The lowest BCUT2D eigenvalue weighted by Gasteiger charge is -2.35. The minimum absolute atomic E-state index is 0.285. The molecular formula is C17H23ClN2O. The Morgan fingerprint density at radius 1 is 1.48 bits per heavy atom. The van der Waals surface area contributed by atoms with E-state index in [9.17, 15) is 4.79 Å². The quantitative estimate of drug-likeness (QED) is 0.928. The van der Waals surface area contributed by atoms with Gasteiger partial charge in [0.05, 0.1) is 5.41 Å². The minimum atomic E-state index is -0.285. The minimum Gasteiger partial charge on any atom is -0.342 e. The zero-order valence-electron chi connectivity index (χ0n) is 12.6. The van der Waals surface area contributed by atoms with Crippen LogP contribution in [-0.4, -0.2) is 37.5 Å². The fraction of sp³-hybridized carbons (Fsp3) is 0.588. The van der Waals surface area contributed by atoms with Crippen LogP contribution < -0.4 is 5.32 Å². The highest BCUT2D eigenvalue weighted by Crippen LogP contribution is 2.50. The standard InChI is InChI=1S/C17H23ClN2O/c1-19-11-13-4-3-9-20(12-13)16(21)17(7-8-17)14-5-2-6-15(18)10-14/h2,5-6,10,13,19H,3-4,7-9,11-12H2,1H3. The Bertz CT molecular complexity index is 525. The van der Waals surface area contributed by atoms with Crippen LogP contribution >= 0.6 is 11.6 Å². The predicted octanol–water partition coefficient (Wildman–Crippen LogP) is 2.83. The fourth-order valence-corrected chi connectivity index (χ4v) is 3.73. The molecule has 0 radical (unpaired) electrons. The van der Waals surface area contributed by atoms with Crippen LogP contribution in [0.2, 0.25) is 5.02 Å². The van der Waals surface area contributed by atoms with Crippen molar-refractivity contribution in [3.8, 4) is 0 Å². The number of carbonyl (C=O) groups is 1. The molecule has 1 saturated heterocycles. The molecule has 0 bridgehead atoms. The molecule has 1 aliphatic heterocycles. The van der Waals surface area contributed by atoms with Gasteiger partial charge in [-0.3, -0.25) is 4.79 Å². The number of amides is 1. The van der Waals surface area contributed by atoms with Crippen LogP contribution in [0.15, 0.2) is 24.3 Å². The summed E-state index contributed by atoms with van der Waals surface area (Å²) in [7, 11) is 1.98. The molecule has 3 rings (SSSR count). The van der Waals surface area contributed by atoms with Crippen molar-refractivity contribution in [3.63, 3.8) is 0 Å². The van der Waals surface area contributed by atoms with Crippen LogP contribution in [0.5, 0.6) is 0 Å². The van der Waals surface area contributed by atoms with Crippen LogP contribution in [0.1, 0.15) is 31.2 Å². The first-order valence-corrected chi connectivity index (χ1v) is 8.23. The number of hydrogen-bond donors (Lipinski definition) is 1. The second-order valence-corrected chi connectivity index (χ2v) is 6.85. The Morgan fingerprint density at radius 2 is 2.29 bits per heavy atom. The summed E-state index contributed by atoms with van der Waals surface area (Å²) in [5.74, 6) is 0.897. The number of carbonyl (C=O) groups excluding carboxylic acids is 1. The zero-order valence-corrected chi connectivity index (χ0v) is 13.3. The molecule has 4 heteroatoms. The Hall–Kier alpha value is -1.06. The number of nitrogens with one attached hydrogen (secondary N) is 1. The molecule has 21 heavy (non-hydrogen) atoms. The smallest absolute Gasteiger partial charge is 0.233 e. The van der Waals surface area contributed by atoms with Crippen molar-refractivity contribution < 1.29 is 4.79 Å². The Balaban J connectivity index is 1.75. The SMILES string of the molecule is CNCC1CCCN(C(=O)C2(c3cccc(Cl)c3)CC2)C1. The Kier molecular flexibility index (Phi) is 4.23. The van der Waals surface area contributed by atoms with Gasteiger partial charge in [-0.2, -0.15) is 0 Å². The summed E-state index contributed by atoms with van der Waals surface area (Å²) >= 11 is 6.10. The van der Waals surface area contributed by atoms with Gasteiger partial charge in [0.25, 0.3) is 0 Å². The average molecular weight is 307 g/mol. The summed E-state index contributed by atoms with van der Waals surface area (Å²) < 4.78 is 0. The van der Waals surface area contributed by atoms with Gasteiger partial charge < -0.3 is 10.2 Å². The first-order valence-electron chi connectivity index (χ1n) is 7.86. The number of rotatable bonds is 4. The van der Waals surface area contributed by atoms with E-state index in [4.69, 9.17) is 11.6 Å². The molecule has 3 nitrogen and oxygen atoms in total. The second kappa shape index (κ2) is 5.98. The van der Waals surface area contributed by atoms with Crippen LogP contribution in [0, 0.1) is 5.92 Å². The van der Waals surface area contributed by atoms with E-state index >= 15 is 0 Å². The molecule has 1 aliphatic carbocycles. The number of nitrogens with zero attached hydrogens (tertiary/aromatic N) is 1. The normalized spacial score (nSPS) is 23.9. The van der Waals surface area contributed by atoms with Gasteiger partial charge in [-0.1, -0.05) is 23.7 Å². The van der Waals surface area contributed by atoms with Crippen LogP contribution in [0.3, 0.4) is 0 Å². The maximum absolute atomic E-state index is 13.0. The van der Waals surface area contributed by atoms with Gasteiger partial charge in [-0.25, -0.2) is 0 Å². The van der Waals surface area contributed by atoms with Crippen LogP contribution in [-0.2, 0) is 10.2 Å². The van der Waals surface area contributed by atoms with Gasteiger partial charge in [0.1, 0.15) is 0 Å². The number of benzene rings is 1. The van der Waals surface area contributed by atoms with Gasteiger partial charge in [-0.05, 0) is 62.9 Å². The molecule has 1 atom stereocenters.